The molecule has 0 radical (unpaired) electrons. The average molecular weight is 662 g/mol. The molecule has 1 heteroatoms. The van der Waals surface area contributed by atoms with Crippen LogP contribution in [0, 0.1) is 0 Å². The first kappa shape index (κ1) is 29.3. The lowest BCUT2D eigenvalue weighted by Crippen LogP contribution is -2.15. The molecule has 0 N–H and O–H groups in total. The predicted molar refractivity (Wildman–Crippen MR) is 222 cm³/mol. The third-order valence-electron chi connectivity index (χ3n) is 11.7. The molecule has 0 atom stereocenters. The van der Waals surface area contributed by atoms with Gasteiger partial charge in [-0.3, -0.25) is 0 Å². The number of para-hydroxylation sites is 1. The minimum Gasteiger partial charge on any atom is -0.308 e. The molecule has 244 valence electrons. The molecule has 0 unspecified atom stereocenters. The average Bonchev–Trinajstić information content (AvgIpc) is 3.65. The van der Waals surface area contributed by atoms with Crippen LogP contribution < -0.4 is 0 Å². The molecule has 1 aromatic heterocycles. The van der Waals surface area contributed by atoms with E-state index >= 15 is 0 Å². The van der Waals surface area contributed by atoms with E-state index in [0.717, 1.165) is 0 Å². The number of fused-ring (bicyclic) bond motifs is 10. The third kappa shape index (κ3) is 3.99. The van der Waals surface area contributed by atoms with Gasteiger partial charge in [0, 0.05) is 27.0 Å². The van der Waals surface area contributed by atoms with Gasteiger partial charge in [0.1, 0.15) is 0 Å². The van der Waals surface area contributed by atoms with Crippen LogP contribution in [0.1, 0.15) is 25.0 Å². The Morgan fingerprint density at radius 2 is 0.981 bits per heavy atom. The van der Waals surface area contributed by atoms with Gasteiger partial charge < -0.3 is 4.57 Å². The van der Waals surface area contributed by atoms with Gasteiger partial charge in [-0.25, -0.2) is 0 Å². The van der Waals surface area contributed by atoms with Gasteiger partial charge in [-0.05, 0) is 84.3 Å². The molecule has 0 saturated carbocycles. The molecule has 0 saturated heterocycles. The quantitative estimate of drug-likeness (QED) is 0.166. The van der Waals surface area contributed by atoms with Crippen molar-refractivity contribution in [2.75, 3.05) is 0 Å². The summed E-state index contributed by atoms with van der Waals surface area (Å²) in [5.41, 5.74) is 14.1. The summed E-state index contributed by atoms with van der Waals surface area (Å²) in [6.45, 7) is 4.79. The molecule has 10 aromatic rings. The first-order valence-electron chi connectivity index (χ1n) is 18.3. The van der Waals surface area contributed by atoms with Crippen LogP contribution in [0.5, 0.6) is 0 Å². The first-order valence-corrected chi connectivity index (χ1v) is 18.3. The molecular formula is C51H35N. The molecule has 1 aliphatic rings. The number of aromatic nitrogens is 1. The van der Waals surface area contributed by atoms with Crippen molar-refractivity contribution in [3.8, 4) is 39.1 Å². The van der Waals surface area contributed by atoms with Crippen molar-refractivity contribution in [3.63, 3.8) is 0 Å². The zero-order chi connectivity index (χ0) is 34.6. The van der Waals surface area contributed by atoms with E-state index in [1.807, 2.05) is 0 Å². The monoisotopic (exact) mass is 661 g/mol. The van der Waals surface area contributed by atoms with Crippen molar-refractivity contribution < 1.29 is 0 Å². The molecule has 0 aliphatic heterocycles. The smallest absolute Gasteiger partial charge is 0.0619 e. The summed E-state index contributed by atoms with van der Waals surface area (Å²) < 4.78 is 2.56. The Balaban J connectivity index is 1.18. The zero-order valence-electron chi connectivity index (χ0n) is 29.2. The van der Waals surface area contributed by atoms with E-state index in [0.29, 0.717) is 0 Å². The van der Waals surface area contributed by atoms with Gasteiger partial charge in [-0.1, -0.05) is 172 Å². The van der Waals surface area contributed by atoms with Crippen LogP contribution in [0.25, 0.3) is 93.2 Å². The van der Waals surface area contributed by atoms with Crippen LogP contribution in [0.3, 0.4) is 0 Å². The second-order valence-electron chi connectivity index (χ2n) is 14.9. The molecule has 0 fully saturated rings. The summed E-state index contributed by atoms with van der Waals surface area (Å²) >= 11 is 0. The number of nitrogens with zero attached hydrogens (tertiary/aromatic N) is 1. The van der Waals surface area contributed by atoms with Gasteiger partial charge in [0.2, 0.25) is 0 Å². The van der Waals surface area contributed by atoms with Crippen LogP contribution in [0.2, 0.25) is 0 Å². The fourth-order valence-corrected chi connectivity index (χ4v) is 9.43. The number of hydrogen-bond acceptors (Lipinski definition) is 0. The van der Waals surface area contributed by atoms with Crippen molar-refractivity contribution in [1.82, 2.24) is 4.57 Å². The SMILES string of the molecule is CC1(C)c2ccccc2-c2ccc3c(c21)c1ccccc1n3-c1c2ccccc2c(-c2ccc(-c3ccc4ccccc4c3)cc2)c2ccccc12. The largest absolute Gasteiger partial charge is 0.308 e. The van der Waals surface area contributed by atoms with Crippen molar-refractivity contribution in [1.29, 1.82) is 0 Å². The Morgan fingerprint density at radius 1 is 0.404 bits per heavy atom. The highest BCUT2D eigenvalue weighted by molar-refractivity contribution is 6.22. The normalized spacial score (nSPS) is 13.3. The fraction of sp³-hybridized carbons (Fsp3) is 0.0588. The van der Waals surface area contributed by atoms with E-state index in [2.05, 4.69) is 194 Å². The lowest BCUT2D eigenvalue weighted by atomic mass is 9.80. The van der Waals surface area contributed by atoms with Crippen molar-refractivity contribution in [3.05, 3.63) is 187 Å². The topological polar surface area (TPSA) is 4.93 Å². The van der Waals surface area contributed by atoms with E-state index < -0.39 is 0 Å². The molecule has 0 amide bonds. The van der Waals surface area contributed by atoms with E-state index in [1.165, 1.54) is 104 Å². The first-order chi connectivity index (χ1) is 25.6. The van der Waals surface area contributed by atoms with Crippen LogP contribution >= 0.6 is 0 Å². The van der Waals surface area contributed by atoms with Crippen LogP contribution in [-0.4, -0.2) is 4.57 Å². The molecule has 9 aromatic carbocycles. The van der Waals surface area contributed by atoms with Gasteiger partial charge >= 0.3 is 0 Å². The predicted octanol–water partition coefficient (Wildman–Crippen LogP) is 13.9. The van der Waals surface area contributed by atoms with E-state index in [1.54, 1.807) is 0 Å². The molecule has 11 rings (SSSR count). The molecular weight excluding hydrogens is 627 g/mol. The minimum atomic E-state index is -0.118. The summed E-state index contributed by atoms with van der Waals surface area (Å²) in [7, 11) is 0. The van der Waals surface area contributed by atoms with Crippen molar-refractivity contribution in [2.24, 2.45) is 0 Å². The Hall–Kier alpha value is -6.44. The molecule has 1 heterocycles. The Kier molecular flexibility index (Phi) is 6.08. The minimum absolute atomic E-state index is 0.118. The lowest BCUT2D eigenvalue weighted by Gasteiger charge is -2.23. The Labute approximate surface area is 303 Å². The van der Waals surface area contributed by atoms with E-state index in [-0.39, 0.29) is 5.41 Å². The summed E-state index contributed by atoms with van der Waals surface area (Å²) in [6.07, 6.45) is 0. The molecule has 0 bridgehead atoms. The number of hydrogen-bond donors (Lipinski definition) is 0. The number of benzene rings is 9. The highest BCUT2D eigenvalue weighted by Crippen LogP contribution is 2.54. The third-order valence-corrected chi connectivity index (χ3v) is 11.7. The van der Waals surface area contributed by atoms with Gasteiger partial charge in [-0.15, -0.1) is 0 Å². The molecule has 1 aliphatic carbocycles. The Morgan fingerprint density at radius 3 is 1.73 bits per heavy atom. The summed E-state index contributed by atoms with van der Waals surface area (Å²) in [5, 5.41) is 10.2. The van der Waals surface area contributed by atoms with Gasteiger partial charge in [0.25, 0.3) is 0 Å². The maximum Gasteiger partial charge on any atom is 0.0619 e. The standard InChI is InChI=1S/C51H35N/c1-51(2)44-21-11-9-15-37(44)40-29-30-46-48(49(40)51)43-20-10-12-22-45(43)52(46)50-41-18-7-5-16-38(41)47(39-17-6-8-19-42(39)50)34-26-23-33(24-27-34)36-28-25-32-13-3-4-14-35(32)31-36/h3-31H,1-2H3. The second-order valence-corrected chi connectivity index (χ2v) is 14.9. The molecule has 1 nitrogen and oxygen atoms in total. The summed E-state index contributed by atoms with van der Waals surface area (Å²) in [6, 6.07) is 65.2. The van der Waals surface area contributed by atoms with Crippen LogP contribution in [-0.2, 0) is 5.41 Å². The Bertz CT molecular complexity index is 3030. The maximum atomic E-state index is 2.56. The van der Waals surface area contributed by atoms with Crippen molar-refractivity contribution in [2.45, 2.75) is 19.3 Å². The maximum absolute atomic E-state index is 2.56. The molecule has 52 heavy (non-hydrogen) atoms. The van der Waals surface area contributed by atoms with Crippen molar-refractivity contribution >= 4 is 54.1 Å². The van der Waals surface area contributed by atoms with Crippen LogP contribution in [0.15, 0.2) is 176 Å². The highest BCUT2D eigenvalue weighted by Gasteiger charge is 2.38. The zero-order valence-corrected chi connectivity index (χ0v) is 29.2. The van der Waals surface area contributed by atoms with Gasteiger partial charge in [0.05, 0.1) is 16.7 Å². The van der Waals surface area contributed by atoms with Gasteiger partial charge in [-0.2, -0.15) is 0 Å². The fourth-order valence-electron chi connectivity index (χ4n) is 9.43. The van der Waals surface area contributed by atoms with Crippen LogP contribution in [0.4, 0.5) is 0 Å². The van der Waals surface area contributed by atoms with E-state index in [4.69, 9.17) is 0 Å². The summed E-state index contributed by atoms with van der Waals surface area (Å²) in [5.74, 6) is 0. The summed E-state index contributed by atoms with van der Waals surface area (Å²) in [4.78, 5) is 0. The highest BCUT2D eigenvalue weighted by atomic mass is 15.0. The number of rotatable bonds is 3. The van der Waals surface area contributed by atoms with E-state index in [9.17, 15) is 0 Å². The second kappa shape index (κ2) is 10.8. The van der Waals surface area contributed by atoms with Gasteiger partial charge in [0.15, 0.2) is 0 Å². The molecule has 0 spiro atoms. The lowest BCUT2D eigenvalue weighted by molar-refractivity contribution is 0.666.